The lowest BCUT2D eigenvalue weighted by Crippen LogP contribution is -2.57. The maximum Gasteiger partial charge on any atom is 0.123 e. The Labute approximate surface area is 152 Å². The molecule has 0 aromatic heterocycles. The fourth-order valence-corrected chi connectivity index (χ4v) is 7.03. The van der Waals surface area contributed by atoms with Crippen molar-refractivity contribution in [3.05, 3.63) is 23.3 Å². The van der Waals surface area contributed by atoms with Gasteiger partial charge in [-0.25, -0.2) is 0 Å². The Kier molecular flexibility index (Phi) is 3.71. The molecule has 0 radical (unpaired) electrons. The summed E-state index contributed by atoms with van der Waals surface area (Å²) in [6.45, 7) is 10.9. The highest BCUT2D eigenvalue weighted by atomic mass is 16.5. The molecule has 1 aromatic rings. The summed E-state index contributed by atoms with van der Waals surface area (Å²) in [5, 5.41) is 14.6. The summed E-state index contributed by atoms with van der Waals surface area (Å²) < 4.78 is 5.42. The Bertz CT molecular complexity index is 698. The highest BCUT2D eigenvalue weighted by molar-refractivity contribution is 5.54. The van der Waals surface area contributed by atoms with Crippen LogP contribution in [0.25, 0.3) is 0 Å². The third-order valence-corrected chi connectivity index (χ3v) is 8.06. The summed E-state index contributed by atoms with van der Waals surface area (Å²) in [5.74, 6) is 2.49. The molecule has 0 bridgehead atoms. The molecule has 3 heteroatoms. The van der Waals surface area contributed by atoms with Crippen molar-refractivity contribution < 1.29 is 9.84 Å². The molecular weight excluding hydrogens is 310 g/mol. The first kappa shape index (κ1) is 17.2. The number of phenolic OH excluding ortho intramolecular Hbond substituents is 1. The zero-order valence-corrected chi connectivity index (χ0v) is 16.4. The van der Waals surface area contributed by atoms with Crippen molar-refractivity contribution in [2.75, 3.05) is 13.7 Å². The SMILES string of the molecule is COc1cc(O)c2c(c1)CC1C2(C)CCC2C(C)(C)NCCCC21C. The van der Waals surface area contributed by atoms with E-state index in [9.17, 15) is 5.11 Å². The van der Waals surface area contributed by atoms with Crippen LogP contribution in [0.15, 0.2) is 12.1 Å². The number of rotatable bonds is 1. The number of ether oxygens (including phenoxy) is 1. The van der Waals surface area contributed by atoms with Crippen molar-refractivity contribution in [3.8, 4) is 11.5 Å². The number of hydrogen-bond donors (Lipinski definition) is 2. The van der Waals surface area contributed by atoms with Gasteiger partial charge in [-0.2, -0.15) is 0 Å². The minimum absolute atomic E-state index is 0.0807. The van der Waals surface area contributed by atoms with E-state index in [2.05, 4.69) is 39.1 Å². The molecule has 0 amide bonds. The van der Waals surface area contributed by atoms with Crippen LogP contribution in [0.1, 0.15) is 64.5 Å². The second kappa shape index (κ2) is 5.39. The molecule has 1 saturated heterocycles. The molecule has 4 rings (SSSR count). The highest BCUT2D eigenvalue weighted by Crippen LogP contribution is 2.65. The van der Waals surface area contributed by atoms with Crippen molar-refractivity contribution >= 4 is 0 Å². The van der Waals surface area contributed by atoms with E-state index in [1.165, 1.54) is 30.4 Å². The quantitative estimate of drug-likeness (QED) is 0.794. The molecule has 25 heavy (non-hydrogen) atoms. The average Bonchev–Trinajstić information content (AvgIpc) is 2.79. The van der Waals surface area contributed by atoms with Crippen molar-refractivity contribution in [1.82, 2.24) is 5.32 Å². The molecule has 4 unspecified atom stereocenters. The van der Waals surface area contributed by atoms with E-state index >= 15 is 0 Å². The van der Waals surface area contributed by atoms with Gasteiger partial charge in [0.1, 0.15) is 11.5 Å². The zero-order chi connectivity index (χ0) is 18.0. The van der Waals surface area contributed by atoms with Crippen molar-refractivity contribution in [2.24, 2.45) is 17.3 Å². The fourth-order valence-electron chi connectivity index (χ4n) is 7.03. The maximum atomic E-state index is 10.8. The summed E-state index contributed by atoms with van der Waals surface area (Å²) in [4.78, 5) is 0. The molecule has 0 spiro atoms. The first-order valence-electron chi connectivity index (χ1n) is 9.88. The molecule has 3 aliphatic rings. The molecule has 1 saturated carbocycles. The number of hydrogen-bond acceptors (Lipinski definition) is 3. The maximum absolute atomic E-state index is 10.8. The second-order valence-electron chi connectivity index (χ2n) is 9.70. The van der Waals surface area contributed by atoms with Crippen LogP contribution in [0.2, 0.25) is 0 Å². The number of benzene rings is 1. The first-order valence-corrected chi connectivity index (χ1v) is 9.88. The number of phenols is 1. The number of aromatic hydroxyl groups is 1. The smallest absolute Gasteiger partial charge is 0.123 e. The van der Waals surface area contributed by atoms with E-state index < -0.39 is 0 Å². The summed E-state index contributed by atoms with van der Waals surface area (Å²) in [6, 6.07) is 3.97. The molecular formula is C22H33NO2. The normalized spacial score (nSPS) is 39.1. The van der Waals surface area contributed by atoms with Crippen LogP contribution in [0.4, 0.5) is 0 Å². The minimum Gasteiger partial charge on any atom is -0.507 e. The van der Waals surface area contributed by atoms with Crippen molar-refractivity contribution in [2.45, 2.75) is 70.8 Å². The third kappa shape index (κ3) is 2.27. The molecule has 1 aromatic carbocycles. The van der Waals surface area contributed by atoms with Gasteiger partial charge >= 0.3 is 0 Å². The first-order chi connectivity index (χ1) is 11.7. The van der Waals surface area contributed by atoms with Gasteiger partial charge in [-0.3, -0.25) is 0 Å². The lowest BCUT2D eigenvalue weighted by Gasteiger charge is -2.57. The monoisotopic (exact) mass is 343 g/mol. The van der Waals surface area contributed by atoms with Crippen LogP contribution in [-0.2, 0) is 11.8 Å². The van der Waals surface area contributed by atoms with Crippen LogP contribution in [0.5, 0.6) is 11.5 Å². The largest absolute Gasteiger partial charge is 0.507 e. The van der Waals surface area contributed by atoms with Crippen molar-refractivity contribution in [1.29, 1.82) is 0 Å². The van der Waals surface area contributed by atoms with E-state index in [0.29, 0.717) is 23.0 Å². The lowest BCUT2D eigenvalue weighted by molar-refractivity contribution is -0.0421. The fraction of sp³-hybridized carbons (Fsp3) is 0.727. The Balaban J connectivity index is 1.83. The van der Waals surface area contributed by atoms with Gasteiger partial charge in [0.05, 0.1) is 7.11 Å². The van der Waals surface area contributed by atoms with Gasteiger partial charge in [-0.15, -0.1) is 0 Å². The van der Waals surface area contributed by atoms with E-state index in [-0.39, 0.29) is 11.0 Å². The van der Waals surface area contributed by atoms with Gasteiger partial charge in [-0.05, 0) is 81.4 Å². The molecule has 1 aliphatic heterocycles. The average molecular weight is 344 g/mol. The van der Waals surface area contributed by atoms with Crippen LogP contribution in [0.3, 0.4) is 0 Å². The second-order valence-corrected chi connectivity index (χ2v) is 9.70. The predicted molar refractivity (Wildman–Crippen MR) is 101 cm³/mol. The van der Waals surface area contributed by atoms with Gasteiger partial charge in [-0.1, -0.05) is 13.8 Å². The molecule has 2 aliphatic carbocycles. The highest BCUT2D eigenvalue weighted by Gasteiger charge is 2.60. The van der Waals surface area contributed by atoms with E-state index in [4.69, 9.17) is 4.74 Å². The van der Waals surface area contributed by atoms with Gasteiger partial charge in [0.2, 0.25) is 0 Å². The van der Waals surface area contributed by atoms with Gasteiger partial charge in [0.15, 0.2) is 0 Å². The summed E-state index contributed by atoms with van der Waals surface area (Å²) in [5.41, 5.74) is 3.08. The van der Waals surface area contributed by atoms with E-state index in [1.807, 2.05) is 0 Å². The lowest BCUT2D eigenvalue weighted by atomic mass is 9.48. The number of nitrogens with one attached hydrogen (secondary N) is 1. The number of methoxy groups -OCH3 is 1. The van der Waals surface area contributed by atoms with Gasteiger partial charge in [0, 0.05) is 22.6 Å². The van der Waals surface area contributed by atoms with Crippen LogP contribution in [0, 0.1) is 17.3 Å². The van der Waals surface area contributed by atoms with Crippen LogP contribution >= 0.6 is 0 Å². The van der Waals surface area contributed by atoms with Crippen LogP contribution < -0.4 is 10.1 Å². The minimum atomic E-state index is 0.0807. The Morgan fingerprint density at radius 1 is 1.12 bits per heavy atom. The van der Waals surface area contributed by atoms with Crippen LogP contribution in [-0.4, -0.2) is 24.3 Å². The molecule has 3 nitrogen and oxygen atoms in total. The standard InChI is InChI=1S/C22H33NO2/c1-20(2)17-7-9-22(4)18(21(17,3)8-6-10-23-20)12-14-11-15(25-5)13-16(24)19(14)22/h11,13,17-18,23-24H,6-10,12H2,1-5H3. The molecule has 2 fully saturated rings. The van der Waals surface area contributed by atoms with Gasteiger partial charge < -0.3 is 15.2 Å². The van der Waals surface area contributed by atoms with E-state index in [1.54, 1.807) is 13.2 Å². The van der Waals surface area contributed by atoms with Gasteiger partial charge in [0.25, 0.3) is 0 Å². The molecule has 4 atom stereocenters. The molecule has 138 valence electrons. The Morgan fingerprint density at radius 3 is 2.60 bits per heavy atom. The van der Waals surface area contributed by atoms with E-state index in [0.717, 1.165) is 25.1 Å². The Hall–Kier alpha value is -1.22. The summed E-state index contributed by atoms with van der Waals surface area (Å²) >= 11 is 0. The zero-order valence-electron chi connectivity index (χ0n) is 16.4. The topological polar surface area (TPSA) is 41.5 Å². The summed E-state index contributed by atoms with van der Waals surface area (Å²) in [6.07, 6.45) is 5.99. The Morgan fingerprint density at radius 2 is 1.88 bits per heavy atom. The third-order valence-electron chi connectivity index (χ3n) is 8.06. The van der Waals surface area contributed by atoms with Crippen molar-refractivity contribution in [3.63, 3.8) is 0 Å². The summed E-state index contributed by atoms with van der Waals surface area (Å²) in [7, 11) is 1.68. The number of fused-ring (bicyclic) bond motifs is 5. The molecule has 2 N–H and O–H groups in total. The molecule has 1 heterocycles. The predicted octanol–water partition coefficient (Wildman–Crippen LogP) is 4.41.